The minimum atomic E-state index is 1.11. The lowest BCUT2D eigenvalue weighted by Crippen LogP contribution is -1.87. The highest BCUT2D eigenvalue weighted by Gasteiger charge is 2.05. The second kappa shape index (κ2) is 5.83. The number of hydrogen-bond acceptors (Lipinski definition) is 0. The summed E-state index contributed by atoms with van der Waals surface area (Å²) in [4.78, 5) is 0. The van der Waals surface area contributed by atoms with Crippen LogP contribution in [0.3, 0.4) is 0 Å². The van der Waals surface area contributed by atoms with Crippen molar-refractivity contribution in [1.82, 2.24) is 0 Å². The van der Waals surface area contributed by atoms with Crippen LogP contribution in [0, 0.1) is 0 Å². The minimum Gasteiger partial charge on any atom is -0.0984 e. The lowest BCUT2D eigenvalue weighted by atomic mass is 9.95. The fourth-order valence-corrected chi connectivity index (χ4v) is 2.00. The fraction of sp³-hybridized carbons (Fsp3) is 0. The first-order chi connectivity index (χ1) is 8.86. The van der Waals surface area contributed by atoms with E-state index in [0.29, 0.717) is 0 Å². The maximum atomic E-state index is 3.93. The average molecular weight is 232 g/mol. The SMILES string of the molecule is C=C/C(=C(\C=C)c1ccccc1)c1ccccc1. The van der Waals surface area contributed by atoms with E-state index in [1.54, 1.807) is 0 Å². The van der Waals surface area contributed by atoms with Gasteiger partial charge in [0.15, 0.2) is 0 Å². The molecule has 0 fully saturated rings. The van der Waals surface area contributed by atoms with Crippen LogP contribution < -0.4 is 0 Å². The summed E-state index contributed by atoms with van der Waals surface area (Å²) in [6.07, 6.45) is 3.78. The summed E-state index contributed by atoms with van der Waals surface area (Å²) < 4.78 is 0. The van der Waals surface area contributed by atoms with E-state index in [1.165, 1.54) is 0 Å². The van der Waals surface area contributed by atoms with Gasteiger partial charge in [0, 0.05) is 0 Å². The first kappa shape index (κ1) is 12.1. The van der Waals surface area contributed by atoms with Gasteiger partial charge in [-0.25, -0.2) is 0 Å². The normalized spacial score (nSPS) is 11.6. The van der Waals surface area contributed by atoms with Crippen LogP contribution in [0.4, 0.5) is 0 Å². The Hall–Kier alpha value is -2.34. The molecule has 2 aromatic rings. The summed E-state index contributed by atoms with van der Waals surface area (Å²) in [6.45, 7) is 7.85. The van der Waals surface area contributed by atoms with Crippen molar-refractivity contribution in [3.63, 3.8) is 0 Å². The van der Waals surface area contributed by atoms with E-state index in [4.69, 9.17) is 0 Å². The Labute approximate surface area is 109 Å². The van der Waals surface area contributed by atoms with Crippen LogP contribution in [0.25, 0.3) is 11.1 Å². The molecule has 0 spiro atoms. The maximum absolute atomic E-state index is 3.93. The molecule has 0 atom stereocenters. The van der Waals surface area contributed by atoms with Gasteiger partial charge >= 0.3 is 0 Å². The third kappa shape index (κ3) is 2.49. The zero-order chi connectivity index (χ0) is 12.8. The molecule has 0 amide bonds. The molecule has 0 heterocycles. The molecule has 18 heavy (non-hydrogen) atoms. The van der Waals surface area contributed by atoms with Crippen LogP contribution in [0.5, 0.6) is 0 Å². The van der Waals surface area contributed by atoms with E-state index < -0.39 is 0 Å². The Kier molecular flexibility index (Phi) is 3.93. The lowest BCUT2D eigenvalue weighted by molar-refractivity contribution is 1.59. The molecule has 88 valence electrons. The van der Waals surface area contributed by atoms with Crippen molar-refractivity contribution in [3.8, 4) is 0 Å². The highest BCUT2D eigenvalue weighted by Crippen LogP contribution is 2.27. The van der Waals surface area contributed by atoms with E-state index in [-0.39, 0.29) is 0 Å². The molecular formula is C18H16. The molecule has 0 N–H and O–H groups in total. The Balaban J connectivity index is 2.61. The van der Waals surface area contributed by atoms with Gasteiger partial charge in [0.05, 0.1) is 0 Å². The van der Waals surface area contributed by atoms with Gasteiger partial charge in [-0.3, -0.25) is 0 Å². The number of hydrogen-bond donors (Lipinski definition) is 0. The van der Waals surface area contributed by atoms with Crippen molar-refractivity contribution in [2.45, 2.75) is 0 Å². The van der Waals surface area contributed by atoms with E-state index >= 15 is 0 Å². The Bertz CT molecular complexity index is 506. The molecule has 0 aliphatic rings. The van der Waals surface area contributed by atoms with Crippen LogP contribution >= 0.6 is 0 Å². The molecule has 0 aliphatic carbocycles. The number of rotatable bonds is 4. The maximum Gasteiger partial charge on any atom is -0.0112 e. The van der Waals surface area contributed by atoms with Crippen molar-refractivity contribution in [2.24, 2.45) is 0 Å². The second-order valence-corrected chi connectivity index (χ2v) is 3.97. The van der Waals surface area contributed by atoms with Gasteiger partial charge in [-0.2, -0.15) is 0 Å². The van der Waals surface area contributed by atoms with E-state index in [9.17, 15) is 0 Å². The van der Waals surface area contributed by atoms with Gasteiger partial charge < -0.3 is 0 Å². The Morgan fingerprint density at radius 2 is 0.944 bits per heavy atom. The average Bonchev–Trinajstić information content (AvgIpc) is 2.46. The fourth-order valence-electron chi connectivity index (χ4n) is 2.00. The smallest absolute Gasteiger partial charge is 0.0112 e. The summed E-state index contributed by atoms with van der Waals surface area (Å²) in [7, 11) is 0. The minimum absolute atomic E-state index is 1.11. The zero-order valence-electron chi connectivity index (χ0n) is 10.3. The molecule has 0 nitrogen and oxygen atoms in total. The van der Waals surface area contributed by atoms with E-state index in [1.807, 2.05) is 48.6 Å². The third-order valence-electron chi connectivity index (χ3n) is 2.87. The molecular weight excluding hydrogens is 216 g/mol. The predicted octanol–water partition coefficient (Wildman–Crippen LogP) is 4.97. The van der Waals surface area contributed by atoms with Gasteiger partial charge in [0.1, 0.15) is 0 Å². The van der Waals surface area contributed by atoms with Gasteiger partial charge in [-0.1, -0.05) is 86.0 Å². The topological polar surface area (TPSA) is 0 Å². The Morgan fingerprint density at radius 3 is 1.22 bits per heavy atom. The molecule has 0 radical (unpaired) electrons. The molecule has 0 unspecified atom stereocenters. The molecule has 0 saturated carbocycles. The van der Waals surface area contributed by atoms with Crippen LogP contribution in [-0.2, 0) is 0 Å². The monoisotopic (exact) mass is 232 g/mol. The predicted molar refractivity (Wildman–Crippen MR) is 80.1 cm³/mol. The van der Waals surface area contributed by atoms with Crippen molar-refractivity contribution in [2.75, 3.05) is 0 Å². The largest absolute Gasteiger partial charge is 0.0984 e. The van der Waals surface area contributed by atoms with Crippen molar-refractivity contribution < 1.29 is 0 Å². The van der Waals surface area contributed by atoms with Gasteiger partial charge in [-0.15, -0.1) is 0 Å². The summed E-state index contributed by atoms with van der Waals surface area (Å²) in [6, 6.07) is 20.5. The highest BCUT2D eigenvalue weighted by molar-refractivity contribution is 5.99. The first-order valence-electron chi connectivity index (χ1n) is 5.97. The molecule has 0 bridgehead atoms. The molecule has 2 rings (SSSR count). The summed E-state index contributed by atoms with van der Waals surface area (Å²) in [5.74, 6) is 0. The third-order valence-corrected chi connectivity index (χ3v) is 2.87. The second-order valence-electron chi connectivity index (χ2n) is 3.97. The summed E-state index contributed by atoms with van der Waals surface area (Å²) in [5, 5.41) is 0. The molecule has 0 heteroatoms. The summed E-state index contributed by atoms with van der Waals surface area (Å²) >= 11 is 0. The van der Waals surface area contributed by atoms with Gasteiger partial charge in [-0.05, 0) is 22.3 Å². The van der Waals surface area contributed by atoms with Crippen molar-refractivity contribution >= 4 is 11.1 Å². The van der Waals surface area contributed by atoms with Crippen molar-refractivity contribution in [1.29, 1.82) is 0 Å². The zero-order valence-corrected chi connectivity index (χ0v) is 10.3. The number of benzene rings is 2. The highest BCUT2D eigenvalue weighted by atomic mass is 14.1. The van der Waals surface area contributed by atoms with E-state index in [0.717, 1.165) is 22.3 Å². The van der Waals surface area contributed by atoms with Crippen LogP contribution in [0.1, 0.15) is 11.1 Å². The van der Waals surface area contributed by atoms with Crippen LogP contribution in [-0.4, -0.2) is 0 Å². The van der Waals surface area contributed by atoms with Crippen LogP contribution in [0.15, 0.2) is 86.0 Å². The molecule has 0 aliphatic heterocycles. The Morgan fingerprint density at radius 1 is 0.611 bits per heavy atom. The van der Waals surface area contributed by atoms with E-state index in [2.05, 4.69) is 37.4 Å². The molecule has 0 aromatic heterocycles. The standard InChI is InChI=1S/C18H16/c1-3-17(15-11-7-5-8-12-15)18(4-2)16-13-9-6-10-14-16/h3-14H,1-2H2/b18-17-. The molecule has 2 aromatic carbocycles. The van der Waals surface area contributed by atoms with Gasteiger partial charge in [0.2, 0.25) is 0 Å². The summed E-state index contributed by atoms with van der Waals surface area (Å²) in [5.41, 5.74) is 4.53. The van der Waals surface area contributed by atoms with Crippen LogP contribution in [0.2, 0.25) is 0 Å². The molecule has 0 saturated heterocycles. The van der Waals surface area contributed by atoms with Crippen molar-refractivity contribution in [3.05, 3.63) is 97.1 Å². The number of allylic oxidation sites excluding steroid dienone is 4. The lowest BCUT2D eigenvalue weighted by Gasteiger charge is -2.09. The van der Waals surface area contributed by atoms with Gasteiger partial charge in [0.25, 0.3) is 0 Å². The quantitative estimate of drug-likeness (QED) is 0.515. The first-order valence-corrected chi connectivity index (χ1v) is 5.97.